The summed E-state index contributed by atoms with van der Waals surface area (Å²) in [5, 5.41) is 2.25. The lowest BCUT2D eigenvalue weighted by molar-refractivity contribution is -0.705. The molecule has 1 aromatic carbocycles. The molecule has 3 aliphatic rings. The number of pyridine rings is 1. The monoisotopic (exact) mass is 254 g/mol. The van der Waals surface area contributed by atoms with Gasteiger partial charge in [-0.05, 0) is 43.4 Å². The molecule has 1 aliphatic heterocycles. The van der Waals surface area contributed by atoms with Gasteiger partial charge in [-0.15, -0.1) is 11.8 Å². The van der Waals surface area contributed by atoms with Gasteiger partial charge in [0.25, 0.3) is 0 Å². The highest BCUT2D eigenvalue weighted by Gasteiger charge is 2.55. The van der Waals surface area contributed by atoms with E-state index in [4.69, 9.17) is 0 Å². The average Bonchev–Trinajstić information content (AvgIpc) is 3.01. The summed E-state index contributed by atoms with van der Waals surface area (Å²) in [6.45, 7) is 0. The smallest absolute Gasteiger partial charge is 0.193 e. The Bertz CT molecular complexity index is 645. The maximum absolute atomic E-state index is 2.61. The first kappa shape index (κ1) is 9.85. The Morgan fingerprint density at radius 2 is 1.94 bits per heavy atom. The molecular weight excluding hydrogens is 238 g/mol. The second-order valence-electron chi connectivity index (χ2n) is 6.02. The van der Waals surface area contributed by atoms with Gasteiger partial charge in [0.15, 0.2) is 12.2 Å². The molecule has 0 saturated heterocycles. The van der Waals surface area contributed by atoms with Gasteiger partial charge < -0.3 is 0 Å². The first-order valence-corrected chi connectivity index (χ1v) is 7.89. The molecule has 4 atom stereocenters. The Hall–Kier alpha value is -1.02. The van der Waals surface area contributed by atoms with Gasteiger partial charge >= 0.3 is 0 Å². The number of hydrogen-bond donors (Lipinski definition) is 0. The van der Waals surface area contributed by atoms with Crippen LogP contribution in [0.15, 0.2) is 41.4 Å². The zero-order valence-corrected chi connectivity index (χ0v) is 11.1. The van der Waals surface area contributed by atoms with Gasteiger partial charge in [0.1, 0.15) is 0 Å². The minimum atomic E-state index is 0.771. The third-order valence-electron chi connectivity index (χ3n) is 5.19. The van der Waals surface area contributed by atoms with E-state index in [0.29, 0.717) is 0 Å². The molecule has 2 bridgehead atoms. The fourth-order valence-corrected chi connectivity index (χ4v) is 6.23. The summed E-state index contributed by atoms with van der Waals surface area (Å²) in [6, 6.07) is 12.0. The first-order chi connectivity index (χ1) is 8.92. The Labute approximate surface area is 111 Å². The molecule has 0 unspecified atom stereocenters. The molecule has 0 amide bonds. The van der Waals surface area contributed by atoms with Crippen LogP contribution < -0.4 is 4.57 Å². The number of para-hydroxylation sites is 1. The van der Waals surface area contributed by atoms with Crippen LogP contribution in [0.25, 0.3) is 10.9 Å². The average molecular weight is 254 g/mol. The number of hydrogen-bond acceptors (Lipinski definition) is 1. The number of aromatic nitrogens is 1. The van der Waals surface area contributed by atoms with Crippen molar-refractivity contribution in [2.75, 3.05) is 0 Å². The molecule has 2 fully saturated rings. The Morgan fingerprint density at radius 3 is 2.94 bits per heavy atom. The summed E-state index contributed by atoms with van der Waals surface area (Å²) in [5.74, 6) is 1.91. The van der Waals surface area contributed by atoms with Crippen molar-refractivity contribution in [1.29, 1.82) is 0 Å². The van der Waals surface area contributed by atoms with E-state index < -0.39 is 0 Å². The minimum Gasteiger partial charge on any atom is -0.193 e. The molecule has 5 rings (SSSR count). The fraction of sp³-hybridized carbons (Fsp3) is 0.438. The highest BCUT2D eigenvalue weighted by molar-refractivity contribution is 8.00. The Morgan fingerprint density at radius 1 is 1.06 bits per heavy atom. The van der Waals surface area contributed by atoms with Crippen LogP contribution in [0.4, 0.5) is 0 Å². The molecule has 2 aromatic rings. The van der Waals surface area contributed by atoms with Crippen molar-refractivity contribution in [3.05, 3.63) is 36.5 Å². The number of fused-ring (bicyclic) bond motifs is 6. The maximum Gasteiger partial charge on any atom is 0.226 e. The van der Waals surface area contributed by atoms with Crippen molar-refractivity contribution >= 4 is 22.7 Å². The highest BCUT2D eigenvalue weighted by Crippen LogP contribution is 2.57. The second-order valence-corrected chi connectivity index (χ2v) is 7.24. The molecule has 90 valence electrons. The van der Waals surface area contributed by atoms with Gasteiger partial charge in [-0.25, -0.2) is 0 Å². The van der Waals surface area contributed by atoms with Crippen LogP contribution >= 0.6 is 11.8 Å². The van der Waals surface area contributed by atoms with Crippen LogP contribution in [0.5, 0.6) is 0 Å². The summed E-state index contributed by atoms with van der Waals surface area (Å²) in [7, 11) is 0. The molecule has 2 saturated carbocycles. The standard InChI is InChI=1S/C16H16NS/c1-3-10-4-2-8-17-14(10)13(5-1)18-16-12-7-6-11(9-12)15(16)17/h1-5,8,11-12,15-16H,6-7,9H2/q+1/t11-,12-,15+,16-/m0/s1. The van der Waals surface area contributed by atoms with Crippen LogP contribution in [-0.4, -0.2) is 5.25 Å². The molecule has 18 heavy (non-hydrogen) atoms. The van der Waals surface area contributed by atoms with E-state index in [1.165, 1.54) is 35.1 Å². The molecule has 2 heteroatoms. The van der Waals surface area contributed by atoms with Crippen LogP contribution in [0.1, 0.15) is 25.3 Å². The summed E-state index contributed by atoms with van der Waals surface area (Å²) in [6.07, 6.45) is 6.72. The van der Waals surface area contributed by atoms with E-state index in [0.717, 1.165) is 23.1 Å². The largest absolute Gasteiger partial charge is 0.226 e. The molecule has 2 aliphatic carbocycles. The zero-order valence-electron chi connectivity index (χ0n) is 10.3. The van der Waals surface area contributed by atoms with Gasteiger partial charge in [0.05, 0.1) is 10.1 Å². The zero-order chi connectivity index (χ0) is 11.7. The molecule has 2 heterocycles. The van der Waals surface area contributed by atoms with Crippen LogP contribution in [0.3, 0.4) is 0 Å². The maximum atomic E-state index is 2.61. The normalized spacial score (nSPS) is 36.0. The number of rotatable bonds is 0. The van der Waals surface area contributed by atoms with Crippen molar-refractivity contribution in [2.45, 2.75) is 35.4 Å². The van der Waals surface area contributed by atoms with E-state index in [-0.39, 0.29) is 0 Å². The van der Waals surface area contributed by atoms with E-state index in [2.05, 4.69) is 52.9 Å². The molecule has 0 spiro atoms. The van der Waals surface area contributed by atoms with Gasteiger partial charge in [-0.2, -0.15) is 4.57 Å². The predicted octanol–water partition coefficient (Wildman–Crippen LogP) is 3.57. The van der Waals surface area contributed by atoms with Gasteiger partial charge in [-0.3, -0.25) is 0 Å². The van der Waals surface area contributed by atoms with E-state index in [1.54, 1.807) is 0 Å². The van der Waals surface area contributed by atoms with Crippen LogP contribution in [0.2, 0.25) is 0 Å². The molecule has 1 nitrogen and oxygen atoms in total. The van der Waals surface area contributed by atoms with Gasteiger partial charge in [0, 0.05) is 17.4 Å². The number of benzene rings is 1. The number of thioether (sulfide) groups is 1. The van der Waals surface area contributed by atoms with Crippen LogP contribution in [0, 0.1) is 11.8 Å². The second kappa shape index (κ2) is 3.30. The molecular formula is C16H16NS+. The Kier molecular flexibility index (Phi) is 1.80. The van der Waals surface area contributed by atoms with Crippen molar-refractivity contribution in [3.63, 3.8) is 0 Å². The minimum absolute atomic E-state index is 0.771. The van der Waals surface area contributed by atoms with Crippen molar-refractivity contribution in [1.82, 2.24) is 0 Å². The van der Waals surface area contributed by atoms with E-state index >= 15 is 0 Å². The Balaban J connectivity index is 1.83. The van der Waals surface area contributed by atoms with E-state index in [1.807, 2.05) is 0 Å². The highest BCUT2D eigenvalue weighted by atomic mass is 32.2. The summed E-state index contributed by atoms with van der Waals surface area (Å²) < 4.78 is 2.61. The third-order valence-corrected chi connectivity index (χ3v) is 6.71. The quantitative estimate of drug-likeness (QED) is 0.650. The third kappa shape index (κ3) is 1.08. The number of nitrogens with zero attached hydrogens (tertiary/aromatic N) is 1. The van der Waals surface area contributed by atoms with Crippen molar-refractivity contribution < 1.29 is 4.57 Å². The van der Waals surface area contributed by atoms with Gasteiger partial charge in [0.2, 0.25) is 5.52 Å². The van der Waals surface area contributed by atoms with Crippen LogP contribution in [-0.2, 0) is 0 Å². The SMILES string of the molecule is c1cc2c3c(c1)ccc[n+]3[C@@H]1[C@H]3CC[C@@H](C3)[C@@H]1S2. The lowest BCUT2D eigenvalue weighted by Crippen LogP contribution is -2.50. The van der Waals surface area contributed by atoms with Crippen molar-refractivity contribution in [3.8, 4) is 0 Å². The molecule has 1 aromatic heterocycles. The first-order valence-electron chi connectivity index (χ1n) is 7.01. The van der Waals surface area contributed by atoms with Gasteiger partial charge in [-0.1, -0.05) is 6.07 Å². The topological polar surface area (TPSA) is 3.88 Å². The molecule has 0 N–H and O–H groups in total. The van der Waals surface area contributed by atoms with Crippen molar-refractivity contribution in [2.24, 2.45) is 11.8 Å². The summed E-state index contributed by atoms with van der Waals surface area (Å²) in [5.41, 5.74) is 1.49. The van der Waals surface area contributed by atoms with E-state index in [9.17, 15) is 0 Å². The summed E-state index contributed by atoms with van der Waals surface area (Å²) >= 11 is 2.16. The predicted molar refractivity (Wildman–Crippen MR) is 73.7 cm³/mol. The summed E-state index contributed by atoms with van der Waals surface area (Å²) in [4.78, 5) is 1.50. The lowest BCUT2D eigenvalue weighted by atomic mass is 9.93. The lowest BCUT2D eigenvalue weighted by Gasteiger charge is -2.30. The molecule has 0 radical (unpaired) electrons. The fourth-order valence-electron chi connectivity index (χ4n) is 4.51.